The van der Waals surface area contributed by atoms with Crippen molar-refractivity contribution in [3.8, 4) is 11.9 Å². The molecule has 4 aliphatic rings. The third-order valence-electron chi connectivity index (χ3n) is 8.26. The third-order valence-corrected chi connectivity index (χ3v) is 8.26. The first-order valence-corrected chi connectivity index (χ1v) is 13.3. The smallest absolute Gasteiger partial charge is 0.321 e. The van der Waals surface area contributed by atoms with Crippen LogP contribution in [0.3, 0.4) is 0 Å². The molecule has 2 saturated heterocycles. The van der Waals surface area contributed by atoms with Gasteiger partial charge in [0, 0.05) is 32.2 Å². The molecule has 7 nitrogen and oxygen atoms in total. The lowest BCUT2D eigenvalue weighted by atomic mass is 9.75. The molecule has 4 heterocycles. The topological polar surface area (TPSA) is 62.8 Å². The Morgan fingerprint density at radius 1 is 1.09 bits per heavy atom. The maximum absolute atomic E-state index is 6.89. The summed E-state index contributed by atoms with van der Waals surface area (Å²) in [6.07, 6.45) is 7.67. The molecule has 7 heteroatoms. The van der Waals surface area contributed by atoms with Gasteiger partial charge in [0.15, 0.2) is 0 Å². The van der Waals surface area contributed by atoms with E-state index in [0.29, 0.717) is 18.7 Å². The van der Waals surface area contributed by atoms with Crippen LogP contribution < -0.4 is 19.7 Å². The van der Waals surface area contributed by atoms with E-state index in [2.05, 4.69) is 46.3 Å². The molecule has 182 valence electrons. The Kier molecular flexibility index (Phi) is 6.08. The van der Waals surface area contributed by atoms with Gasteiger partial charge in [-0.05, 0) is 69.2 Å². The van der Waals surface area contributed by atoms with Crippen molar-refractivity contribution in [2.24, 2.45) is 0 Å². The number of likely N-dealkylation sites (N-methyl/N-ethyl adjacent to an activating group) is 1. The third kappa shape index (κ3) is 4.03. The fourth-order valence-corrected chi connectivity index (χ4v) is 6.42. The molecule has 2 fully saturated rings. The fraction of sp³-hybridized carbons (Fsp3) is 0.630. The number of likely N-dealkylation sites (tertiary alicyclic amines) is 1. The van der Waals surface area contributed by atoms with E-state index in [9.17, 15) is 0 Å². The Hall–Kier alpha value is -2.38. The van der Waals surface area contributed by atoms with Crippen molar-refractivity contribution in [3.05, 3.63) is 41.0 Å². The largest absolute Gasteiger partial charge is 0.466 e. The first-order valence-electron chi connectivity index (χ1n) is 13.3. The molecular formula is C27H37N5O2. The average molecular weight is 464 g/mol. The van der Waals surface area contributed by atoms with E-state index in [4.69, 9.17) is 19.4 Å². The number of hydrogen-bond acceptors (Lipinski definition) is 7. The normalized spacial score (nSPS) is 26.7. The Morgan fingerprint density at radius 2 is 1.97 bits per heavy atom. The van der Waals surface area contributed by atoms with E-state index in [0.717, 1.165) is 88.6 Å². The monoisotopic (exact) mass is 463 g/mol. The van der Waals surface area contributed by atoms with Crippen LogP contribution in [0.4, 0.5) is 5.82 Å². The van der Waals surface area contributed by atoms with E-state index in [-0.39, 0.29) is 5.60 Å². The van der Waals surface area contributed by atoms with Gasteiger partial charge in [0.2, 0.25) is 5.88 Å². The minimum atomic E-state index is -0.279. The molecule has 0 amide bonds. The molecule has 2 atom stereocenters. The van der Waals surface area contributed by atoms with Gasteiger partial charge in [0.25, 0.3) is 0 Å². The number of nitrogens with one attached hydrogen (secondary N) is 1. The molecule has 34 heavy (non-hydrogen) atoms. The number of anilines is 1. The Morgan fingerprint density at radius 3 is 2.85 bits per heavy atom. The first kappa shape index (κ1) is 22.1. The van der Waals surface area contributed by atoms with Crippen LogP contribution in [0, 0.1) is 0 Å². The summed E-state index contributed by atoms with van der Waals surface area (Å²) in [5, 5.41) is 3.46. The van der Waals surface area contributed by atoms with Gasteiger partial charge in [0.05, 0.1) is 5.56 Å². The fourth-order valence-electron chi connectivity index (χ4n) is 6.42. The molecule has 1 aliphatic carbocycles. The first-order chi connectivity index (χ1) is 16.8. The number of hydrogen-bond donors (Lipinski definition) is 1. The molecule has 0 radical (unpaired) electrons. The number of nitrogens with zero attached hydrogens (tertiary/aromatic N) is 4. The summed E-state index contributed by atoms with van der Waals surface area (Å²) in [6, 6.07) is 9.73. The van der Waals surface area contributed by atoms with Crippen molar-refractivity contribution >= 4 is 5.82 Å². The zero-order chi connectivity index (χ0) is 23.0. The second-order valence-electron chi connectivity index (χ2n) is 10.2. The van der Waals surface area contributed by atoms with Crippen LogP contribution in [0.5, 0.6) is 11.9 Å². The molecule has 1 spiro atoms. The molecule has 0 bridgehead atoms. The predicted octanol–water partition coefficient (Wildman–Crippen LogP) is 3.31. The van der Waals surface area contributed by atoms with Crippen molar-refractivity contribution in [2.45, 2.75) is 63.5 Å². The number of piperazine rings is 1. The minimum Gasteiger partial charge on any atom is -0.466 e. The predicted molar refractivity (Wildman–Crippen MR) is 133 cm³/mol. The van der Waals surface area contributed by atoms with Crippen LogP contribution in [-0.4, -0.2) is 66.8 Å². The SMILES string of the molecule is CCN1CCC[C@H]1COc1nc2c(c(N3CCNCC3)n1)CCC1(CCCc3ccccc31)O2. The van der Waals surface area contributed by atoms with Crippen molar-refractivity contribution in [1.29, 1.82) is 0 Å². The molecule has 3 aliphatic heterocycles. The van der Waals surface area contributed by atoms with Crippen LogP contribution in [0.15, 0.2) is 24.3 Å². The zero-order valence-corrected chi connectivity index (χ0v) is 20.4. The molecule has 6 rings (SSSR count). The average Bonchev–Trinajstić information content (AvgIpc) is 3.35. The number of benzene rings is 1. The molecular weight excluding hydrogens is 426 g/mol. The number of rotatable bonds is 5. The highest BCUT2D eigenvalue weighted by Crippen LogP contribution is 2.48. The summed E-state index contributed by atoms with van der Waals surface area (Å²) in [5.74, 6) is 1.75. The quantitative estimate of drug-likeness (QED) is 0.730. The van der Waals surface area contributed by atoms with Crippen molar-refractivity contribution in [2.75, 3.05) is 50.8 Å². The number of aryl methyl sites for hydroxylation is 1. The lowest BCUT2D eigenvalue weighted by Crippen LogP contribution is -2.45. The summed E-state index contributed by atoms with van der Waals surface area (Å²) >= 11 is 0. The van der Waals surface area contributed by atoms with Crippen LogP contribution >= 0.6 is 0 Å². The highest BCUT2D eigenvalue weighted by molar-refractivity contribution is 5.55. The lowest BCUT2D eigenvalue weighted by molar-refractivity contribution is 0.0190. The van der Waals surface area contributed by atoms with Gasteiger partial charge in [0.1, 0.15) is 18.0 Å². The van der Waals surface area contributed by atoms with Gasteiger partial charge in [-0.1, -0.05) is 31.2 Å². The van der Waals surface area contributed by atoms with Gasteiger partial charge in [-0.3, -0.25) is 4.90 Å². The summed E-state index contributed by atoms with van der Waals surface area (Å²) in [6.45, 7) is 8.93. The zero-order valence-electron chi connectivity index (χ0n) is 20.4. The van der Waals surface area contributed by atoms with Gasteiger partial charge >= 0.3 is 6.01 Å². The van der Waals surface area contributed by atoms with Gasteiger partial charge < -0.3 is 19.7 Å². The van der Waals surface area contributed by atoms with Crippen molar-refractivity contribution < 1.29 is 9.47 Å². The Balaban J connectivity index is 1.33. The van der Waals surface area contributed by atoms with Crippen molar-refractivity contribution in [3.63, 3.8) is 0 Å². The maximum atomic E-state index is 6.89. The second-order valence-corrected chi connectivity index (χ2v) is 10.2. The molecule has 1 aromatic heterocycles. The van der Waals surface area contributed by atoms with Crippen LogP contribution in [0.1, 0.15) is 55.7 Å². The summed E-state index contributed by atoms with van der Waals surface area (Å²) in [7, 11) is 0. The minimum absolute atomic E-state index is 0.279. The summed E-state index contributed by atoms with van der Waals surface area (Å²) in [4.78, 5) is 14.7. The highest BCUT2D eigenvalue weighted by atomic mass is 16.5. The van der Waals surface area contributed by atoms with Crippen molar-refractivity contribution in [1.82, 2.24) is 20.2 Å². The van der Waals surface area contributed by atoms with E-state index in [1.54, 1.807) is 0 Å². The van der Waals surface area contributed by atoms with E-state index in [1.165, 1.54) is 24.0 Å². The number of ether oxygens (including phenoxy) is 2. The molecule has 1 aromatic carbocycles. The summed E-state index contributed by atoms with van der Waals surface area (Å²) in [5.41, 5.74) is 3.64. The lowest BCUT2D eigenvalue weighted by Gasteiger charge is -2.43. The van der Waals surface area contributed by atoms with E-state index >= 15 is 0 Å². The van der Waals surface area contributed by atoms with Gasteiger partial charge in [-0.15, -0.1) is 0 Å². The Labute approximate surface area is 202 Å². The maximum Gasteiger partial charge on any atom is 0.321 e. The molecule has 0 saturated carbocycles. The Bertz CT molecular complexity index is 1020. The van der Waals surface area contributed by atoms with Crippen LogP contribution in [0.25, 0.3) is 0 Å². The second kappa shape index (κ2) is 9.34. The van der Waals surface area contributed by atoms with E-state index < -0.39 is 0 Å². The van der Waals surface area contributed by atoms with E-state index in [1.807, 2.05) is 0 Å². The molecule has 1 unspecified atom stereocenters. The summed E-state index contributed by atoms with van der Waals surface area (Å²) < 4.78 is 13.2. The molecule has 2 aromatic rings. The van der Waals surface area contributed by atoms with Gasteiger partial charge in [-0.2, -0.15) is 9.97 Å². The highest BCUT2D eigenvalue weighted by Gasteiger charge is 2.43. The van der Waals surface area contributed by atoms with Gasteiger partial charge in [-0.25, -0.2) is 0 Å². The van der Waals surface area contributed by atoms with Crippen LogP contribution in [0.2, 0.25) is 0 Å². The number of aromatic nitrogens is 2. The van der Waals surface area contributed by atoms with Crippen LogP contribution in [-0.2, 0) is 18.4 Å². The molecule has 1 N–H and O–H groups in total. The number of fused-ring (bicyclic) bond motifs is 3. The standard InChI is InChI=1S/C27H37N5O2/c1-2-31-16-6-9-21(31)19-33-26-29-24(32-17-14-28-15-18-32)22-11-13-27(34-25(22)30-26)12-5-8-20-7-3-4-10-23(20)27/h3-4,7,10,21,28H,2,5-6,8-9,11-19H2,1H3/t21-,27?/m0/s1.